The Balaban J connectivity index is 1.42. The summed E-state index contributed by atoms with van der Waals surface area (Å²) in [6, 6.07) is 63.2. The summed E-state index contributed by atoms with van der Waals surface area (Å²) in [5.74, 6) is 0. The molecule has 1 heterocycles. The van der Waals surface area contributed by atoms with Crippen molar-refractivity contribution in [1.29, 1.82) is 5.26 Å². The lowest BCUT2D eigenvalue weighted by Gasteiger charge is -2.21. The third-order valence-electron chi connectivity index (χ3n) is 10.1. The molecule has 49 heavy (non-hydrogen) atoms. The van der Waals surface area contributed by atoms with Gasteiger partial charge in [-0.05, 0) is 109 Å². The molecule has 0 aliphatic heterocycles. The van der Waals surface area contributed by atoms with Crippen LogP contribution in [0.4, 0.5) is 0 Å². The number of fused-ring (bicyclic) bond motifs is 6. The van der Waals surface area contributed by atoms with Gasteiger partial charge in [-0.2, -0.15) is 5.26 Å². The molecule has 0 saturated carbocycles. The molecule has 2 nitrogen and oxygen atoms in total. The van der Waals surface area contributed by atoms with Crippen LogP contribution in [0.15, 0.2) is 170 Å². The van der Waals surface area contributed by atoms with Crippen molar-refractivity contribution in [2.45, 2.75) is 0 Å². The van der Waals surface area contributed by atoms with Crippen LogP contribution in [0.25, 0.3) is 93.9 Å². The van der Waals surface area contributed by atoms with E-state index in [9.17, 15) is 5.26 Å². The highest BCUT2D eigenvalue weighted by molar-refractivity contribution is 6.24. The van der Waals surface area contributed by atoms with Crippen LogP contribution < -0.4 is 0 Å². The number of aromatic nitrogens is 1. The molecule has 0 amide bonds. The quantitative estimate of drug-likeness (QED) is 0.192. The van der Waals surface area contributed by atoms with Crippen LogP contribution in [0.5, 0.6) is 0 Å². The zero-order valence-corrected chi connectivity index (χ0v) is 26.6. The third-order valence-corrected chi connectivity index (χ3v) is 10.1. The van der Waals surface area contributed by atoms with Gasteiger partial charge in [-0.1, -0.05) is 127 Å². The second-order valence-electron chi connectivity index (χ2n) is 12.8. The van der Waals surface area contributed by atoms with E-state index < -0.39 is 0 Å². The maximum Gasteiger partial charge on any atom is 0.0991 e. The molecule has 0 saturated heterocycles. The van der Waals surface area contributed by atoms with Crippen molar-refractivity contribution in [2.24, 2.45) is 0 Å². The van der Waals surface area contributed by atoms with Gasteiger partial charge >= 0.3 is 0 Å². The second-order valence-corrected chi connectivity index (χ2v) is 12.8. The minimum absolute atomic E-state index is 0.652. The van der Waals surface area contributed by atoms with E-state index in [0.29, 0.717) is 5.56 Å². The van der Waals surface area contributed by atoms with Crippen molar-refractivity contribution in [2.75, 3.05) is 0 Å². The summed E-state index contributed by atoms with van der Waals surface area (Å²) < 4.78 is 2.33. The van der Waals surface area contributed by atoms with Crippen molar-refractivity contribution < 1.29 is 0 Å². The van der Waals surface area contributed by atoms with Gasteiger partial charge < -0.3 is 4.57 Å². The van der Waals surface area contributed by atoms with Crippen LogP contribution in [0.2, 0.25) is 0 Å². The summed E-state index contributed by atoms with van der Waals surface area (Å²) >= 11 is 0. The van der Waals surface area contributed by atoms with Gasteiger partial charge in [0.15, 0.2) is 0 Å². The van der Waals surface area contributed by atoms with Gasteiger partial charge in [0.1, 0.15) is 0 Å². The molecule has 2 heteroatoms. The molecule has 0 fully saturated rings. The van der Waals surface area contributed by atoms with Gasteiger partial charge in [0.05, 0.1) is 22.7 Å². The fourth-order valence-electron chi connectivity index (χ4n) is 8.17. The molecular formula is C47H28N2. The Morgan fingerprint density at radius 1 is 0.408 bits per heavy atom. The van der Waals surface area contributed by atoms with E-state index in [0.717, 1.165) is 33.1 Å². The minimum atomic E-state index is 0.652. The third kappa shape index (κ3) is 4.00. The molecule has 10 rings (SSSR count). The smallest absolute Gasteiger partial charge is 0.0991 e. The summed E-state index contributed by atoms with van der Waals surface area (Å²) in [5, 5.41) is 14.8. The molecule has 0 unspecified atom stereocenters. The first kappa shape index (κ1) is 27.4. The summed E-state index contributed by atoms with van der Waals surface area (Å²) in [6.45, 7) is 0. The molecule has 9 aromatic rings. The van der Waals surface area contributed by atoms with Gasteiger partial charge in [0.2, 0.25) is 0 Å². The van der Waals surface area contributed by atoms with Crippen LogP contribution in [0.3, 0.4) is 0 Å². The molecule has 0 radical (unpaired) electrons. The predicted molar refractivity (Wildman–Crippen MR) is 204 cm³/mol. The molecule has 8 aromatic carbocycles. The predicted octanol–water partition coefficient (Wildman–Crippen LogP) is 12.5. The zero-order chi connectivity index (χ0) is 32.5. The molecule has 1 aliphatic rings. The van der Waals surface area contributed by atoms with Gasteiger partial charge in [0, 0.05) is 16.5 Å². The van der Waals surface area contributed by atoms with Crippen molar-refractivity contribution in [3.8, 4) is 67.4 Å². The first-order valence-corrected chi connectivity index (χ1v) is 16.7. The molecule has 0 N–H and O–H groups in total. The number of hydrogen-bond donors (Lipinski definition) is 0. The van der Waals surface area contributed by atoms with Crippen molar-refractivity contribution in [3.63, 3.8) is 0 Å². The van der Waals surface area contributed by atoms with E-state index >= 15 is 0 Å². The number of hydrogen-bond acceptors (Lipinski definition) is 1. The van der Waals surface area contributed by atoms with E-state index in [2.05, 4.69) is 174 Å². The van der Waals surface area contributed by atoms with E-state index in [1.54, 1.807) is 0 Å². The lowest BCUT2D eigenvalue weighted by Crippen LogP contribution is -1.95. The average molecular weight is 621 g/mol. The van der Waals surface area contributed by atoms with Crippen molar-refractivity contribution in [3.05, 3.63) is 175 Å². The standard InChI is InChI=1S/C47H28N2/c48-29-30-25-26-41-40(27-30)45-35(21-12-24-42(45)49(41)34-19-8-3-9-20-34)39-28-38(31-13-4-1-5-14-31)46-36-22-10-17-32-18-11-23-37(43(32)36)47(46)44(39)33-15-6-2-7-16-33/h1-28H. The highest BCUT2D eigenvalue weighted by atomic mass is 15.0. The summed E-state index contributed by atoms with van der Waals surface area (Å²) in [6.07, 6.45) is 0. The van der Waals surface area contributed by atoms with E-state index in [1.807, 2.05) is 6.07 Å². The fourth-order valence-corrected chi connectivity index (χ4v) is 8.17. The topological polar surface area (TPSA) is 28.7 Å². The fraction of sp³-hybridized carbons (Fsp3) is 0. The van der Waals surface area contributed by atoms with Crippen molar-refractivity contribution in [1.82, 2.24) is 4.57 Å². The number of para-hydroxylation sites is 1. The Bertz CT molecular complexity index is 2800. The highest BCUT2D eigenvalue weighted by Crippen LogP contribution is 2.57. The Hall–Kier alpha value is -6.69. The summed E-state index contributed by atoms with van der Waals surface area (Å²) in [5.41, 5.74) is 16.2. The first-order chi connectivity index (χ1) is 24.3. The Kier molecular flexibility index (Phi) is 5.97. The van der Waals surface area contributed by atoms with Gasteiger partial charge in [0.25, 0.3) is 0 Å². The van der Waals surface area contributed by atoms with Crippen LogP contribution in [0, 0.1) is 11.3 Å². The van der Waals surface area contributed by atoms with Crippen LogP contribution in [0.1, 0.15) is 5.56 Å². The SMILES string of the molecule is N#Cc1ccc2c(c1)c1c(-c3cc(-c4ccccc4)c4c(c3-c3ccccc3)-c3cccc5cccc-4c35)cccc1n2-c1ccccc1. The maximum atomic E-state index is 10.0. The average Bonchev–Trinajstić information content (AvgIpc) is 3.69. The number of benzene rings is 8. The van der Waals surface area contributed by atoms with Gasteiger partial charge in [-0.25, -0.2) is 0 Å². The molecule has 1 aliphatic carbocycles. The van der Waals surface area contributed by atoms with E-state index in [-0.39, 0.29) is 0 Å². The van der Waals surface area contributed by atoms with Crippen molar-refractivity contribution >= 4 is 32.6 Å². The Labute approximate surface area is 284 Å². The van der Waals surface area contributed by atoms with E-state index in [4.69, 9.17) is 0 Å². The second kappa shape index (κ2) is 10.7. The molecule has 226 valence electrons. The molecule has 1 aromatic heterocycles. The molecule has 0 atom stereocenters. The normalized spacial score (nSPS) is 11.7. The Morgan fingerprint density at radius 3 is 1.76 bits per heavy atom. The first-order valence-electron chi connectivity index (χ1n) is 16.7. The van der Waals surface area contributed by atoms with Gasteiger partial charge in [-0.15, -0.1) is 0 Å². The molecular weight excluding hydrogens is 593 g/mol. The van der Waals surface area contributed by atoms with Gasteiger partial charge in [-0.3, -0.25) is 0 Å². The number of nitriles is 1. The largest absolute Gasteiger partial charge is 0.309 e. The highest BCUT2D eigenvalue weighted by Gasteiger charge is 2.31. The van der Waals surface area contributed by atoms with Crippen LogP contribution in [-0.2, 0) is 0 Å². The Morgan fingerprint density at radius 2 is 1.04 bits per heavy atom. The lowest BCUT2D eigenvalue weighted by atomic mass is 9.81. The zero-order valence-electron chi connectivity index (χ0n) is 26.6. The monoisotopic (exact) mass is 620 g/mol. The number of nitrogens with zero attached hydrogens (tertiary/aromatic N) is 2. The summed E-state index contributed by atoms with van der Waals surface area (Å²) in [7, 11) is 0. The lowest BCUT2D eigenvalue weighted by molar-refractivity contribution is 1.18. The minimum Gasteiger partial charge on any atom is -0.309 e. The summed E-state index contributed by atoms with van der Waals surface area (Å²) in [4.78, 5) is 0. The van der Waals surface area contributed by atoms with E-state index in [1.165, 1.54) is 60.8 Å². The maximum absolute atomic E-state index is 10.0. The van der Waals surface area contributed by atoms with Crippen LogP contribution >= 0.6 is 0 Å². The number of rotatable bonds is 4. The molecule has 0 spiro atoms. The van der Waals surface area contributed by atoms with Crippen LogP contribution in [-0.4, -0.2) is 4.57 Å². The molecule has 0 bridgehead atoms.